The second-order valence-corrected chi connectivity index (χ2v) is 4.48. The van der Waals surface area contributed by atoms with E-state index >= 15 is 0 Å². The fraction of sp³-hybridized carbons (Fsp3) is 0.429. The van der Waals surface area contributed by atoms with E-state index in [2.05, 4.69) is 0 Å². The quantitative estimate of drug-likeness (QED) is 0.847. The molecule has 5 heteroatoms. The molecule has 0 saturated carbocycles. The predicted octanol–water partition coefficient (Wildman–Crippen LogP) is 1.56. The minimum Gasteiger partial charge on any atom is -0.497 e. The molecule has 0 aliphatic rings. The SMILES string of the molecule is COc1cccc(CC(=O)N(C)C(C)CC(=O)O)c1. The van der Waals surface area contributed by atoms with Gasteiger partial charge in [0.2, 0.25) is 5.91 Å². The first kappa shape index (κ1) is 15.0. The van der Waals surface area contributed by atoms with Crippen LogP contribution in [0.4, 0.5) is 0 Å². The highest BCUT2D eigenvalue weighted by Gasteiger charge is 2.18. The van der Waals surface area contributed by atoms with E-state index in [1.54, 1.807) is 27.1 Å². The molecule has 0 spiro atoms. The number of amides is 1. The molecule has 0 saturated heterocycles. The molecule has 0 bridgehead atoms. The molecule has 1 aromatic carbocycles. The Balaban J connectivity index is 2.65. The number of aliphatic carboxylic acids is 1. The van der Waals surface area contributed by atoms with E-state index in [0.29, 0.717) is 5.75 Å². The van der Waals surface area contributed by atoms with Crippen molar-refractivity contribution in [1.82, 2.24) is 4.90 Å². The molecule has 1 N–H and O–H groups in total. The van der Waals surface area contributed by atoms with Crippen molar-refractivity contribution in [1.29, 1.82) is 0 Å². The number of carbonyl (C=O) groups excluding carboxylic acids is 1. The molecule has 0 fully saturated rings. The first-order valence-corrected chi connectivity index (χ1v) is 6.04. The Bertz CT molecular complexity index is 459. The van der Waals surface area contributed by atoms with Crippen LogP contribution in [0.15, 0.2) is 24.3 Å². The summed E-state index contributed by atoms with van der Waals surface area (Å²) in [4.78, 5) is 24.1. The maximum absolute atomic E-state index is 12.0. The van der Waals surface area contributed by atoms with Crippen LogP contribution in [-0.4, -0.2) is 42.1 Å². The molecule has 0 heterocycles. The summed E-state index contributed by atoms with van der Waals surface area (Å²) in [7, 11) is 3.19. The molecule has 19 heavy (non-hydrogen) atoms. The summed E-state index contributed by atoms with van der Waals surface area (Å²) in [6.45, 7) is 1.72. The Labute approximate surface area is 112 Å². The standard InChI is InChI=1S/C14H19NO4/c1-10(7-14(17)18)15(2)13(16)9-11-5-4-6-12(8-11)19-3/h4-6,8,10H,7,9H2,1-3H3,(H,17,18). The number of carboxylic acids is 1. The fourth-order valence-electron chi connectivity index (χ4n) is 1.72. The van der Waals surface area contributed by atoms with Crippen LogP contribution >= 0.6 is 0 Å². The summed E-state index contributed by atoms with van der Waals surface area (Å²) >= 11 is 0. The minimum atomic E-state index is -0.909. The number of carboxylic acid groups (broad SMARTS) is 1. The third-order valence-corrected chi connectivity index (χ3v) is 3.01. The molecular weight excluding hydrogens is 246 g/mol. The molecule has 1 atom stereocenters. The van der Waals surface area contributed by atoms with Crippen molar-refractivity contribution < 1.29 is 19.4 Å². The first-order valence-electron chi connectivity index (χ1n) is 6.04. The molecule has 1 aromatic rings. The summed E-state index contributed by atoms with van der Waals surface area (Å²) in [6, 6.07) is 6.95. The number of likely N-dealkylation sites (N-methyl/N-ethyl adjacent to an activating group) is 1. The second-order valence-electron chi connectivity index (χ2n) is 4.48. The van der Waals surface area contributed by atoms with E-state index in [9.17, 15) is 9.59 Å². The van der Waals surface area contributed by atoms with Crippen molar-refractivity contribution in [3.05, 3.63) is 29.8 Å². The van der Waals surface area contributed by atoms with E-state index in [4.69, 9.17) is 9.84 Å². The van der Waals surface area contributed by atoms with Gasteiger partial charge in [-0.15, -0.1) is 0 Å². The Morgan fingerprint density at radius 1 is 1.42 bits per heavy atom. The number of hydrogen-bond donors (Lipinski definition) is 1. The Kier molecular flexibility index (Phi) is 5.36. The highest BCUT2D eigenvalue weighted by atomic mass is 16.5. The number of methoxy groups -OCH3 is 1. The second kappa shape index (κ2) is 6.78. The van der Waals surface area contributed by atoms with Crippen LogP contribution in [0, 0.1) is 0 Å². The van der Waals surface area contributed by atoms with Crippen molar-refractivity contribution in [2.24, 2.45) is 0 Å². The van der Waals surface area contributed by atoms with Crippen LogP contribution in [-0.2, 0) is 16.0 Å². The van der Waals surface area contributed by atoms with Crippen LogP contribution < -0.4 is 4.74 Å². The highest BCUT2D eigenvalue weighted by Crippen LogP contribution is 2.14. The smallest absolute Gasteiger partial charge is 0.305 e. The van der Waals surface area contributed by atoms with Crippen LogP contribution in [0.1, 0.15) is 18.9 Å². The van der Waals surface area contributed by atoms with E-state index < -0.39 is 5.97 Å². The van der Waals surface area contributed by atoms with Crippen LogP contribution in [0.5, 0.6) is 5.75 Å². The zero-order valence-corrected chi connectivity index (χ0v) is 11.4. The average Bonchev–Trinajstić information content (AvgIpc) is 2.37. The maximum Gasteiger partial charge on any atom is 0.305 e. The average molecular weight is 265 g/mol. The van der Waals surface area contributed by atoms with E-state index in [-0.39, 0.29) is 24.8 Å². The molecule has 1 rings (SSSR count). The third-order valence-electron chi connectivity index (χ3n) is 3.01. The van der Waals surface area contributed by atoms with Gasteiger partial charge in [-0.2, -0.15) is 0 Å². The van der Waals surface area contributed by atoms with Gasteiger partial charge in [-0.05, 0) is 24.6 Å². The number of ether oxygens (including phenoxy) is 1. The first-order chi connectivity index (χ1) is 8.93. The molecule has 0 aromatic heterocycles. The number of hydrogen-bond acceptors (Lipinski definition) is 3. The van der Waals surface area contributed by atoms with Crippen molar-refractivity contribution >= 4 is 11.9 Å². The predicted molar refractivity (Wildman–Crippen MR) is 71.2 cm³/mol. The van der Waals surface area contributed by atoms with Crippen LogP contribution in [0.3, 0.4) is 0 Å². The molecule has 1 amide bonds. The molecule has 0 radical (unpaired) electrons. The van der Waals surface area contributed by atoms with Gasteiger partial charge in [0.05, 0.1) is 20.0 Å². The van der Waals surface area contributed by atoms with Gasteiger partial charge in [-0.25, -0.2) is 0 Å². The van der Waals surface area contributed by atoms with Crippen LogP contribution in [0.2, 0.25) is 0 Å². The fourth-order valence-corrected chi connectivity index (χ4v) is 1.72. The number of carbonyl (C=O) groups is 2. The summed E-state index contributed by atoms with van der Waals surface area (Å²) in [5.41, 5.74) is 0.846. The third kappa shape index (κ3) is 4.62. The van der Waals surface area contributed by atoms with E-state index in [0.717, 1.165) is 5.56 Å². The van der Waals surface area contributed by atoms with Gasteiger partial charge >= 0.3 is 5.97 Å². The zero-order valence-electron chi connectivity index (χ0n) is 11.4. The normalized spacial score (nSPS) is 11.7. The minimum absolute atomic E-state index is 0.0552. The van der Waals surface area contributed by atoms with Gasteiger partial charge in [0.25, 0.3) is 0 Å². The number of benzene rings is 1. The summed E-state index contributed by atoms with van der Waals surface area (Å²) < 4.78 is 5.09. The number of rotatable bonds is 6. The molecular formula is C14H19NO4. The summed E-state index contributed by atoms with van der Waals surface area (Å²) in [6.07, 6.45) is 0.179. The Morgan fingerprint density at radius 2 is 2.11 bits per heavy atom. The molecule has 1 unspecified atom stereocenters. The number of nitrogens with zero attached hydrogens (tertiary/aromatic N) is 1. The lowest BCUT2D eigenvalue weighted by Crippen LogP contribution is -2.37. The molecule has 0 aliphatic carbocycles. The maximum atomic E-state index is 12.0. The Hall–Kier alpha value is -2.04. The van der Waals surface area contributed by atoms with Gasteiger partial charge in [0.1, 0.15) is 5.75 Å². The lowest BCUT2D eigenvalue weighted by atomic mass is 10.1. The lowest BCUT2D eigenvalue weighted by Gasteiger charge is -2.23. The highest BCUT2D eigenvalue weighted by molar-refractivity contribution is 5.79. The topological polar surface area (TPSA) is 66.8 Å². The molecule has 5 nitrogen and oxygen atoms in total. The van der Waals surface area contributed by atoms with Gasteiger partial charge in [0.15, 0.2) is 0 Å². The lowest BCUT2D eigenvalue weighted by molar-refractivity contribution is -0.139. The molecule has 104 valence electrons. The van der Waals surface area contributed by atoms with Crippen LogP contribution in [0.25, 0.3) is 0 Å². The largest absolute Gasteiger partial charge is 0.497 e. The van der Waals surface area contributed by atoms with Crippen molar-refractivity contribution in [2.45, 2.75) is 25.8 Å². The van der Waals surface area contributed by atoms with E-state index in [1.807, 2.05) is 18.2 Å². The van der Waals surface area contributed by atoms with Crippen molar-refractivity contribution in [3.8, 4) is 5.75 Å². The van der Waals surface area contributed by atoms with Crippen molar-refractivity contribution in [3.63, 3.8) is 0 Å². The summed E-state index contributed by atoms with van der Waals surface area (Å²) in [5.74, 6) is -0.318. The van der Waals surface area contributed by atoms with Crippen molar-refractivity contribution in [2.75, 3.05) is 14.2 Å². The molecule has 0 aliphatic heterocycles. The van der Waals surface area contributed by atoms with Gasteiger partial charge in [-0.3, -0.25) is 9.59 Å². The van der Waals surface area contributed by atoms with Gasteiger partial charge < -0.3 is 14.7 Å². The van der Waals surface area contributed by atoms with Gasteiger partial charge in [-0.1, -0.05) is 12.1 Å². The zero-order chi connectivity index (χ0) is 14.4. The summed E-state index contributed by atoms with van der Waals surface area (Å²) in [5, 5.41) is 8.72. The Morgan fingerprint density at radius 3 is 2.68 bits per heavy atom. The van der Waals surface area contributed by atoms with Gasteiger partial charge in [0, 0.05) is 13.1 Å². The van der Waals surface area contributed by atoms with E-state index in [1.165, 1.54) is 4.90 Å². The monoisotopic (exact) mass is 265 g/mol.